The highest BCUT2D eigenvalue weighted by molar-refractivity contribution is 7.00. The van der Waals surface area contributed by atoms with Gasteiger partial charge < -0.3 is 10.1 Å². The average molecular weight is 299 g/mol. The fraction of sp³-hybridized carbons (Fsp3) is 0.133. The lowest BCUT2D eigenvalue weighted by Gasteiger charge is -2.10. The summed E-state index contributed by atoms with van der Waals surface area (Å²) in [4.78, 5) is 12.4. The van der Waals surface area contributed by atoms with E-state index in [9.17, 15) is 4.79 Å². The van der Waals surface area contributed by atoms with E-state index in [0.717, 1.165) is 22.8 Å². The molecule has 0 aliphatic rings. The van der Waals surface area contributed by atoms with Crippen molar-refractivity contribution >= 4 is 34.4 Å². The third-order valence-electron chi connectivity index (χ3n) is 2.94. The lowest BCUT2D eigenvalue weighted by atomic mass is 10.2. The van der Waals surface area contributed by atoms with Gasteiger partial charge in [-0.15, -0.1) is 0 Å². The van der Waals surface area contributed by atoms with E-state index in [2.05, 4.69) is 14.1 Å². The Morgan fingerprint density at radius 3 is 2.86 bits per heavy atom. The van der Waals surface area contributed by atoms with Crippen LogP contribution in [0.25, 0.3) is 11.0 Å². The van der Waals surface area contributed by atoms with Gasteiger partial charge in [-0.05, 0) is 37.3 Å². The maximum atomic E-state index is 12.4. The van der Waals surface area contributed by atoms with Gasteiger partial charge in [0.25, 0.3) is 5.91 Å². The van der Waals surface area contributed by atoms with Crippen molar-refractivity contribution in [2.75, 3.05) is 11.9 Å². The molecule has 0 saturated carbocycles. The van der Waals surface area contributed by atoms with Gasteiger partial charge >= 0.3 is 0 Å². The van der Waals surface area contributed by atoms with Gasteiger partial charge in [0.2, 0.25) is 0 Å². The molecule has 0 spiro atoms. The van der Waals surface area contributed by atoms with Crippen LogP contribution >= 0.6 is 11.7 Å². The molecule has 0 unspecified atom stereocenters. The first-order valence-corrected chi connectivity index (χ1v) is 7.26. The third kappa shape index (κ3) is 2.85. The van der Waals surface area contributed by atoms with Crippen LogP contribution in [0.3, 0.4) is 0 Å². The minimum atomic E-state index is -0.207. The number of anilines is 1. The summed E-state index contributed by atoms with van der Waals surface area (Å²) in [6.07, 6.45) is 0. The highest BCUT2D eigenvalue weighted by Gasteiger charge is 2.12. The van der Waals surface area contributed by atoms with Crippen molar-refractivity contribution in [3.63, 3.8) is 0 Å². The second-order valence-electron chi connectivity index (χ2n) is 4.35. The van der Waals surface area contributed by atoms with Crippen molar-refractivity contribution in [3.8, 4) is 5.75 Å². The smallest absolute Gasteiger partial charge is 0.259 e. The van der Waals surface area contributed by atoms with Crippen molar-refractivity contribution in [2.45, 2.75) is 6.92 Å². The van der Waals surface area contributed by atoms with E-state index in [-0.39, 0.29) is 5.91 Å². The second-order valence-corrected chi connectivity index (χ2v) is 4.88. The normalized spacial score (nSPS) is 10.5. The first kappa shape index (κ1) is 13.5. The molecule has 21 heavy (non-hydrogen) atoms. The molecule has 0 fully saturated rings. The number of para-hydroxylation sites is 1. The van der Waals surface area contributed by atoms with Gasteiger partial charge in [-0.2, -0.15) is 8.75 Å². The standard InChI is InChI=1S/C15H13N3O2S/c1-2-20-14-6-4-3-5-11(14)15(19)16-10-7-8-12-13(9-10)18-21-17-12/h3-9H,2H2,1H3,(H,16,19). The number of carbonyl (C=O) groups excluding carboxylic acids is 1. The lowest BCUT2D eigenvalue weighted by molar-refractivity contribution is 0.102. The van der Waals surface area contributed by atoms with Gasteiger partial charge in [0.1, 0.15) is 16.8 Å². The Bertz CT molecular complexity index is 785. The van der Waals surface area contributed by atoms with Crippen LogP contribution in [-0.4, -0.2) is 21.3 Å². The molecule has 6 heteroatoms. The van der Waals surface area contributed by atoms with Gasteiger partial charge in [-0.1, -0.05) is 12.1 Å². The Hall–Kier alpha value is -2.47. The Kier molecular flexibility index (Phi) is 3.79. The molecule has 0 aliphatic carbocycles. The molecule has 1 heterocycles. The number of rotatable bonds is 4. The molecule has 0 atom stereocenters. The quantitative estimate of drug-likeness (QED) is 0.802. The number of aromatic nitrogens is 2. The maximum Gasteiger partial charge on any atom is 0.259 e. The molecule has 0 radical (unpaired) electrons. The van der Waals surface area contributed by atoms with Crippen molar-refractivity contribution in [1.29, 1.82) is 0 Å². The molecule has 106 valence electrons. The summed E-state index contributed by atoms with van der Waals surface area (Å²) in [5.74, 6) is 0.371. The summed E-state index contributed by atoms with van der Waals surface area (Å²) >= 11 is 1.15. The van der Waals surface area contributed by atoms with E-state index in [1.165, 1.54) is 0 Å². The number of hydrogen-bond acceptors (Lipinski definition) is 5. The molecular weight excluding hydrogens is 286 g/mol. The molecule has 1 N–H and O–H groups in total. The highest BCUT2D eigenvalue weighted by atomic mass is 32.1. The molecule has 3 aromatic rings. The van der Waals surface area contributed by atoms with E-state index in [0.29, 0.717) is 23.6 Å². The largest absolute Gasteiger partial charge is 0.493 e. The molecule has 1 aromatic heterocycles. The van der Waals surface area contributed by atoms with Gasteiger partial charge in [0.15, 0.2) is 0 Å². The molecule has 1 amide bonds. The molecule has 3 rings (SSSR count). The van der Waals surface area contributed by atoms with Crippen molar-refractivity contribution in [2.24, 2.45) is 0 Å². The Morgan fingerprint density at radius 1 is 1.19 bits per heavy atom. The predicted octanol–water partition coefficient (Wildman–Crippen LogP) is 3.34. The van der Waals surface area contributed by atoms with Crippen LogP contribution in [-0.2, 0) is 0 Å². The highest BCUT2D eigenvalue weighted by Crippen LogP contribution is 2.21. The number of benzene rings is 2. The SMILES string of the molecule is CCOc1ccccc1C(=O)Nc1ccc2nsnc2c1. The van der Waals surface area contributed by atoms with E-state index >= 15 is 0 Å². The number of ether oxygens (including phenoxy) is 1. The average Bonchev–Trinajstić information content (AvgIpc) is 2.95. The number of nitrogens with one attached hydrogen (secondary N) is 1. The zero-order valence-electron chi connectivity index (χ0n) is 11.4. The zero-order valence-corrected chi connectivity index (χ0v) is 12.2. The van der Waals surface area contributed by atoms with Crippen molar-refractivity contribution in [3.05, 3.63) is 48.0 Å². The third-order valence-corrected chi connectivity index (χ3v) is 3.50. The van der Waals surface area contributed by atoms with Crippen molar-refractivity contribution in [1.82, 2.24) is 8.75 Å². The first-order valence-electron chi connectivity index (χ1n) is 6.53. The summed E-state index contributed by atoms with van der Waals surface area (Å²) < 4.78 is 13.8. The molecule has 2 aromatic carbocycles. The number of amides is 1. The minimum Gasteiger partial charge on any atom is -0.493 e. The Labute approximate surface area is 125 Å². The summed E-state index contributed by atoms with van der Waals surface area (Å²) in [5, 5.41) is 2.86. The number of nitrogens with zero attached hydrogens (tertiary/aromatic N) is 2. The second kappa shape index (κ2) is 5.88. The topological polar surface area (TPSA) is 64.1 Å². The van der Waals surface area contributed by atoms with Gasteiger partial charge in [0, 0.05) is 5.69 Å². The zero-order chi connectivity index (χ0) is 14.7. The van der Waals surface area contributed by atoms with E-state index in [1.54, 1.807) is 18.2 Å². The summed E-state index contributed by atoms with van der Waals surface area (Å²) in [6.45, 7) is 2.40. The van der Waals surface area contributed by atoms with Crippen LogP contribution in [0.5, 0.6) is 5.75 Å². The molecule has 0 saturated heterocycles. The predicted molar refractivity (Wildman–Crippen MR) is 83.0 cm³/mol. The van der Waals surface area contributed by atoms with E-state index in [1.807, 2.05) is 31.2 Å². The number of hydrogen-bond donors (Lipinski definition) is 1. The monoisotopic (exact) mass is 299 g/mol. The fourth-order valence-electron chi connectivity index (χ4n) is 1.99. The summed E-state index contributed by atoms with van der Waals surface area (Å²) in [6, 6.07) is 12.6. The maximum absolute atomic E-state index is 12.4. The van der Waals surface area contributed by atoms with Crippen LogP contribution < -0.4 is 10.1 Å². The fourth-order valence-corrected chi connectivity index (χ4v) is 2.51. The van der Waals surface area contributed by atoms with Gasteiger partial charge in [0.05, 0.1) is 23.9 Å². The van der Waals surface area contributed by atoms with Crippen LogP contribution in [0.2, 0.25) is 0 Å². The van der Waals surface area contributed by atoms with Crippen LogP contribution in [0.1, 0.15) is 17.3 Å². The number of carbonyl (C=O) groups is 1. The first-order chi connectivity index (χ1) is 10.3. The molecule has 5 nitrogen and oxygen atoms in total. The Morgan fingerprint density at radius 2 is 2.00 bits per heavy atom. The summed E-state index contributed by atoms with van der Waals surface area (Å²) in [5.41, 5.74) is 2.80. The minimum absolute atomic E-state index is 0.207. The molecule has 0 bridgehead atoms. The van der Waals surface area contributed by atoms with Gasteiger partial charge in [-0.25, -0.2) is 0 Å². The van der Waals surface area contributed by atoms with Gasteiger partial charge in [-0.3, -0.25) is 4.79 Å². The molecular formula is C15H13N3O2S. The lowest BCUT2D eigenvalue weighted by Crippen LogP contribution is -2.13. The van der Waals surface area contributed by atoms with Crippen molar-refractivity contribution < 1.29 is 9.53 Å². The van der Waals surface area contributed by atoms with E-state index in [4.69, 9.17) is 4.74 Å². The van der Waals surface area contributed by atoms with Crippen LogP contribution in [0.15, 0.2) is 42.5 Å². The number of fused-ring (bicyclic) bond motifs is 1. The molecule has 0 aliphatic heterocycles. The van der Waals surface area contributed by atoms with E-state index < -0.39 is 0 Å². The Balaban J connectivity index is 1.85. The van der Waals surface area contributed by atoms with Crippen LogP contribution in [0.4, 0.5) is 5.69 Å². The summed E-state index contributed by atoms with van der Waals surface area (Å²) in [7, 11) is 0. The van der Waals surface area contributed by atoms with Crippen LogP contribution in [0, 0.1) is 0 Å².